The average molecular weight is 588 g/mol. The van der Waals surface area contributed by atoms with Crippen molar-refractivity contribution in [2.45, 2.75) is 19.8 Å². The maximum atomic E-state index is 13.1. The zero-order valence-electron chi connectivity index (χ0n) is 16.2. The van der Waals surface area contributed by atoms with Crippen molar-refractivity contribution >= 4 is 64.9 Å². The van der Waals surface area contributed by atoms with E-state index in [9.17, 15) is 4.79 Å². The van der Waals surface area contributed by atoms with Gasteiger partial charge in [-0.15, -0.1) is 0 Å². The number of hydrogen-bond donors (Lipinski definition) is 0. The lowest BCUT2D eigenvalue weighted by molar-refractivity contribution is 0.353. The summed E-state index contributed by atoms with van der Waals surface area (Å²) in [5, 5.41) is 4.96. The van der Waals surface area contributed by atoms with Crippen molar-refractivity contribution in [1.29, 1.82) is 0 Å². The molecule has 0 saturated heterocycles. The van der Waals surface area contributed by atoms with Gasteiger partial charge in [0.15, 0.2) is 11.5 Å². The first-order valence-corrected chi connectivity index (χ1v) is 11.0. The summed E-state index contributed by atoms with van der Waals surface area (Å²) in [7, 11) is 3.13. The highest BCUT2D eigenvalue weighted by atomic mass is 79.9. The Balaban J connectivity index is 2.21. The average Bonchev–Trinajstić information content (AvgIpc) is 2.70. The van der Waals surface area contributed by atoms with Gasteiger partial charge in [0.05, 0.1) is 35.8 Å². The van der Waals surface area contributed by atoms with E-state index in [-0.39, 0.29) is 11.5 Å². The lowest BCUT2D eigenvalue weighted by Crippen LogP contribution is -2.23. The molecule has 0 aliphatic carbocycles. The van der Waals surface area contributed by atoms with E-state index in [2.05, 4.69) is 57.9 Å². The predicted octanol–water partition coefficient (Wildman–Crippen LogP) is 5.71. The van der Waals surface area contributed by atoms with Gasteiger partial charge in [-0.3, -0.25) is 4.79 Å². The minimum atomic E-state index is -0.230. The van der Waals surface area contributed by atoms with Crippen molar-refractivity contribution < 1.29 is 9.47 Å². The molecule has 2 aromatic carbocycles. The Bertz CT molecular complexity index is 1170. The topological polar surface area (TPSA) is 65.7 Å². The second-order valence-electron chi connectivity index (χ2n) is 6.48. The van der Waals surface area contributed by atoms with Crippen LogP contribution in [-0.2, 0) is 0 Å². The lowest BCUT2D eigenvalue weighted by atomic mass is 10.2. The molecule has 0 radical (unpaired) electrons. The van der Waals surface area contributed by atoms with E-state index in [0.29, 0.717) is 38.3 Å². The maximum absolute atomic E-state index is 13.1. The number of methoxy groups -OCH3 is 2. The number of halogens is 3. The van der Waals surface area contributed by atoms with Crippen LogP contribution in [0, 0.1) is 0 Å². The van der Waals surface area contributed by atoms with Crippen LogP contribution < -0.4 is 15.0 Å². The third-order valence-electron chi connectivity index (χ3n) is 4.24. The van der Waals surface area contributed by atoms with Gasteiger partial charge >= 0.3 is 0 Å². The van der Waals surface area contributed by atoms with Crippen LogP contribution in [0.15, 0.2) is 47.6 Å². The quantitative estimate of drug-likeness (QED) is 0.359. The van der Waals surface area contributed by atoms with Crippen molar-refractivity contribution in [2.75, 3.05) is 14.2 Å². The molecule has 1 heterocycles. The van der Waals surface area contributed by atoms with E-state index < -0.39 is 0 Å². The van der Waals surface area contributed by atoms with E-state index in [4.69, 9.17) is 9.47 Å². The number of rotatable bonds is 5. The van der Waals surface area contributed by atoms with E-state index in [1.54, 1.807) is 32.6 Å². The Morgan fingerprint density at radius 2 is 1.83 bits per heavy atom. The Morgan fingerprint density at radius 3 is 2.45 bits per heavy atom. The molecule has 0 unspecified atom stereocenters. The molecule has 0 amide bonds. The van der Waals surface area contributed by atoms with Crippen molar-refractivity contribution in [2.24, 2.45) is 5.10 Å². The number of hydrogen-bond acceptors (Lipinski definition) is 5. The fraction of sp³-hybridized carbons (Fsp3) is 0.250. The second kappa shape index (κ2) is 8.97. The number of ether oxygens (including phenoxy) is 2. The van der Waals surface area contributed by atoms with Gasteiger partial charge in [-0.2, -0.15) is 9.78 Å². The molecule has 0 aliphatic rings. The normalized spacial score (nSPS) is 11.6. The van der Waals surface area contributed by atoms with Crippen LogP contribution >= 0.6 is 47.8 Å². The SMILES string of the molecule is COc1cc(C=Nn2c(C(C)C)nc3ccc(Br)cc3c2=O)c(Br)c(Br)c1OC. The van der Waals surface area contributed by atoms with E-state index in [1.165, 1.54) is 4.68 Å². The third-order valence-corrected chi connectivity index (χ3v) is 6.88. The summed E-state index contributed by atoms with van der Waals surface area (Å²) in [6.07, 6.45) is 1.59. The summed E-state index contributed by atoms with van der Waals surface area (Å²) >= 11 is 10.5. The summed E-state index contributed by atoms with van der Waals surface area (Å²) in [4.78, 5) is 17.8. The molecule has 0 saturated carbocycles. The van der Waals surface area contributed by atoms with Crippen molar-refractivity contribution in [3.63, 3.8) is 0 Å². The minimum Gasteiger partial charge on any atom is -0.493 e. The molecule has 1 aromatic heterocycles. The van der Waals surface area contributed by atoms with E-state index in [0.717, 1.165) is 8.95 Å². The van der Waals surface area contributed by atoms with Crippen molar-refractivity contribution in [1.82, 2.24) is 9.66 Å². The zero-order chi connectivity index (χ0) is 21.3. The summed E-state index contributed by atoms with van der Waals surface area (Å²) in [5.41, 5.74) is 1.13. The predicted molar refractivity (Wildman–Crippen MR) is 126 cm³/mol. The molecule has 152 valence electrons. The Labute approximate surface area is 193 Å². The van der Waals surface area contributed by atoms with Crippen LogP contribution in [0.1, 0.15) is 31.2 Å². The zero-order valence-corrected chi connectivity index (χ0v) is 20.9. The molecule has 3 aromatic rings. The number of nitrogens with zero attached hydrogens (tertiary/aromatic N) is 3. The maximum Gasteiger partial charge on any atom is 0.282 e. The van der Waals surface area contributed by atoms with Gasteiger partial charge in [0.2, 0.25) is 0 Å². The highest BCUT2D eigenvalue weighted by molar-refractivity contribution is 9.13. The Kier molecular flexibility index (Phi) is 6.80. The van der Waals surface area contributed by atoms with Crippen molar-refractivity contribution in [3.05, 3.63) is 59.4 Å². The van der Waals surface area contributed by atoms with Gasteiger partial charge in [-0.1, -0.05) is 29.8 Å². The Morgan fingerprint density at radius 1 is 1.10 bits per heavy atom. The molecule has 0 bridgehead atoms. The van der Waals surface area contributed by atoms with Gasteiger partial charge in [0, 0.05) is 20.4 Å². The largest absolute Gasteiger partial charge is 0.493 e. The van der Waals surface area contributed by atoms with Crippen LogP contribution in [0.2, 0.25) is 0 Å². The van der Waals surface area contributed by atoms with Crippen LogP contribution in [0.5, 0.6) is 11.5 Å². The molecule has 3 rings (SSSR count). The summed E-state index contributed by atoms with van der Waals surface area (Å²) in [5.74, 6) is 1.69. The van der Waals surface area contributed by atoms with Gasteiger partial charge in [-0.05, 0) is 56.1 Å². The first kappa shape index (κ1) is 22.0. The minimum absolute atomic E-state index is 0.00785. The standard InChI is InChI=1S/C20H18Br3N3O3/c1-10(2)19-25-14-6-5-12(21)8-13(14)20(27)26(19)24-9-11-7-15(28-3)18(29-4)17(23)16(11)22/h5-10H,1-4H3. The summed E-state index contributed by atoms with van der Waals surface area (Å²) < 4.78 is 14.4. The summed E-state index contributed by atoms with van der Waals surface area (Å²) in [6, 6.07) is 7.22. The fourth-order valence-electron chi connectivity index (χ4n) is 2.81. The second-order valence-corrected chi connectivity index (χ2v) is 8.98. The molecule has 0 spiro atoms. The highest BCUT2D eigenvalue weighted by Crippen LogP contribution is 2.42. The van der Waals surface area contributed by atoms with Crippen LogP contribution in [0.4, 0.5) is 0 Å². The lowest BCUT2D eigenvalue weighted by Gasteiger charge is -2.14. The molecule has 0 atom stereocenters. The van der Waals surface area contributed by atoms with Crippen LogP contribution in [0.3, 0.4) is 0 Å². The van der Waals surface area contributed by atoms with E-state index in [1.807, 2.05) is 26.0 Å². The molecular weight excluding hydrogens is 570 g/mol. The smallest absolute Gasteiger partial charge is 0.282 e. The van der Waals surface area contributed by atoms with E-state index >= 15 is 0 Å². The molecule has 0 N–H and O–H groups in total. The molecule has 9 heteroatoms. The number of aromatic nitrogens is 2. The highest BCUT2D eigenvalue weighted by Gasteiger charge is 2.17. The third kappa shape index (κ3) is 4.27. The first-order valence-electron chi connectivity index (χ1n) is 8.65. The molecule has 6 nitrogen and oxygen atoms in total. The van der Waals surface area contributed by atoms with Crippen LogP contribution in [0.25, 0.3) is 10.9 Å². The van der Waals surface area contributed by atoms with Gasteiger partial charge < -0.3 is 9.47 Å². The van der Waals surface area contributed by atoms with Crippen molar-refractivity contribution in [3.8, 4) is 11.5 Å². The monoisotopic (exact) mass is 585 g/mol. The molecule has 0 aliphatic heterocycles. The van der Waals surface area contributed by atoms with Crippen LogP contribution in [-0.4, -0.2) is 30.1 Å². The molecule has 29 heavy (non-hydrogen) atoms. The number of benzene rings is 2. The molecular formula is C20H18Br3N3O3. The van der Waals surface area contributed by atoms with Gasteiger partial charge in [0.1, 0.15) is 5.82 Å². The van der Waals surface area contributed by atoms with Gasteiger partial charge in [0.25, 0.3) is 5.56 Å². The summed E-state index contributed by atoms with van der Waals surface area (Å²) in [6.45, 7) is 3.95. The molecule has 0 fully saturated rings. The van der Waals surface area contributed by atoms with Gasteiger partial charge in [-0.25, -0.2) is 4.98 Å². The Hall–Kier alpha value is -1.71. The fourth-order valence-corrected chi connectivity index (χ4v) is 4.16. The number of fused-ring (bicyclic) bond motifs is 1. The first-order chi connectivity index (χ1) is 13.8.